The van der Waals surface area contributed by atoms with Crippen LogP contribution in [0.4, 0.5) is 26.7 Å². The summed E-state index contributed by atoms with van der Waals surface area (Å²) in [7, 11) is 0. The van der Waals surface area contributed by atoms with E-state index < -0.39 is 52.4 Å². The van der Waals surface area contributed by atoms with E-state index in [0.717, 1.165) is 29.2 Å². The largest absolute Gasteiger partial charge is 0.508 e. The number of aromatic hydroxyl groups is 1. The van der Waals surface area contributed by atoms with Crippen LogP contribution in [-0.4, -0.2) is 29.3 Å². The molecule has 0 fully saturated rings. The molecule has 6 nitrogen and oxygen atoms in total. The Morgan fingerprint density at radius 2 is 1.29 bits per heavy atom. The summed E-state index contributed by atoms with van der Waals surface area (Å²) in [6.45, 7) is 0.998. The van der Waals surface area contributed by atoms with Crippen molar-refractivity contribution in [3.63, 3.8) is 0 Å². The Labute approximate surface area is 236 Å². The fourth-order valence-electron chi connectivity index (χ4n) is 4.93. The van der Waals surface area contributed by atoms with E-state index in [1.807, 2.05) is 48.5 Å². The molecule has 42 heavy (non-hydrogen) atoms. The smallest absolute Gasteiger partial charge is 0.408 e. The average molecular weight is 584 g/mol. The Morgan fingerprint density at radius 1 is 0.786 bits per heavy atom. The number of rotatable bonds is 7. The lowest BCUT2D eigenvalue weighted by Gasteiger charge is -2.29. The molecule has 1 aliphatic rings. The molecule has 4 aromatic carbocycles. The number of esters is 1. The summed E-state index contributed by atoms with van der Waals surface area (Å²) in [6, 6.07) is 20.5. The van der Waals surface area contributed by atoms with Gasteiger partial charge in [-0.3, -0.25) is 0 Å². The van der Waals surface area contributed by atoms with Gasteiger partial charge in [0.05, 0.1) is 0 Å². The van der Waals surface area contributed by atoms with Crippen molar-refractivity contribution in [3.05, 3.63) is 119 Å². The van der Waals surface area contributed by atoms with Gasteiger partial charge in [0, 0.05) is 12.3 Å². The molecule has 0 unspecified atom stereocenters. The molecular weight excluding hydrogens is 561 g/mol. The van der Waals surface area contributed by atoms with Crippen LogP contribution in [0.25, 0.3) is 11.1 Å². The molecule has 0 aliphatic heterocycles. The normalized spacial score (nSPS) is 13.6. The van der Waals surface area contributed by atoms with Crippen LogP contribution in [0.3, 0.4) is 0 Å². The molecule has 11 heteroatoms. The number of alkyl carbamates (subject to hydrolysis) is 1. The predicted molar refractivity (Wildman–Crippen MR) is 140 cm³/mol. The predicted octanol–water partition coefficient (Wildman–Crippen LogP) is 6.53. The van der Waals surface area contributed by atoms with Crippen LogP contribution in [-0.2, 0) is 16.0 Å². The number of fused-ring (bicyclic) bond motifs is 3. The highest BCUT2D eigenvalue weighted by atomic mass is 19.2. The van der Waals surface area contributed by atoms with Crippen LogP contribution in [0.15, 0.2) is 72.8 Å². The highest BCUT2D eigenvalue weighted by molar-refractivity contribution is 5.87. The standard InChI is InChI=1S/C31H22F5NO5/c1-31(14-16-10-12-17(38)13-11-16,29(39)42-28-26(35)24(33)23(32)25(34)27(28)36)37-30(40)41-15-22-20-8-4-2-6-18(20)19-7-3-5-9-21(19)22/h2-13,22,38H,14-15H2,1H3,(H,37,40)/t31-/m0/s1. The van der Waals surface area contributed by atoms with Gasteiger partial charge < -0.3 is 19.9 Å². The number of benzene rings is 4. The maximum absolute atomic E-state index is 14.3. The molecular formula is C31H22F5NO5. The van der Waals surface area contributed by atoms with E-state index in [1.54, 1.807) is 0 Å². The number of halogens is 5. The zero-order valence-electron chi connectivity index (χ0n) is 21.9. The Morgan fingerprint density at radius 3 is 1.83 bits per heavy atom. The molecule has 1 atom stereocenters. The Balaban J connectivity index is 1.39. The highest BCUT2D eigenvalue weighted by Crippen LogP contribution is 2.44. The van der Waals surface area contributed by atoms with Crippen LogP contribution in [0.5, 0.6) is 11.5 Å². The van der Waals surface area contributed by atoms with E-state index in [-0.39, 0.29) is 24.7 Å². The monoisotopic (exact) mass is 583 g/mol. The molecule has 1 amide bonds. The lowest BCUT2D eigenvalue weighted by atomic mass is 9.92. The van der Waals surface area contributed by atoms with Crippen LogP contribution < -0.4 is 10.1 Å². The van der Waals surface area contributed by atoms with Crippen LogP contribution in [0, 0.1) is 29.1 Å². The summed E-state index contributed by atoms with van der Waals surface area (Å²) in [5, 5.41) is 11.9. The fourth-order valence-corrected chi connectivity index (χ4v) is 4.93. The Bertz CT molecular complexity index is 1620. The molecule has 0 radical (unpaired) electrons. The van der Waals surface area contributed by atoms with Crippen molar-refractivity contribution < 1.29 is 46.1 Å². The van der Waals surface area contributed by atoms with Gasteiger partial charge in [-0.2, -0.15) is 8.78 Å². The Hall–Kier alpha value is -4.93. The number of nitrogens with one attached hydrogen (secondary N) is 1. The van der Waals surface area contributed by atoms with Crippen molar-refractivity contribution in [2.45, 2.75) is 24.8 Å². The van der Waals surface area contributed by atoms with Crippen LogP contribution in [0.1, 0.15) is 29.5 Å². The second-order valence-electron chi connectivity index (χ2n) is 9.91. The first-order chi connectivity index (χ1) is 20.0. The third-order valence-corrected chi connectivity index (χ3v) is 7.03. The number of carbonyl (C=O) groups excluding carboxylic acids is 2. The summed E-state index contributed by atoms with van der Waals surface area (Å²) in [4.78, 5) is 26.3. The summed E-state index contributed by atoms with van der Waals surface area (Å²) >= 11 is 0. The van der Waals surface area contributed by atoms with Gasteiger partial charge in [0.1, 0.15) is 17.9 Å². The molecule has 0 saturated heterocycles. The van der Waals surface area contributed by atoms with Gasteiger partial charge in [-0.25, -0.2) is 22.8 Å². The van der Waals surface area contributed by atoms with Crippen molar-refractivity contribution >= 4 is 12.1 Å². The maximum atomic E-state index is 14.3. The van der Waals surface area contributed by atoms with Crippen molar-refractivity contribution in [1.82, 2.24) is 5.32 Å². The van der Waals surface area contributed by atoms with Crippen molar-refractivity contribution in [3.8, 4) is 22.6 Å². The highest BCUT2D eigenvalue weighted by Gasteiger charge is 2.40. The lowest BCUT2D eigenvalue weighted by molar-refractivity contribution is -0.141. The quantitative estimate of drug-likeness (QED) is 0.0850. The topological polar surface area (TPSA) is 84.9 Å². The number of phenols is 1. The number of amides is 1. The van der Waals surface area contributed by atoms with Gasteiger partial charge >= 0.3 is 12.1 Å². The first-order valence-corrected chi connectivity index (χ1v) is 12.6. The zero-order chi connectivity index (χ0) is 30.2. The molecule has 0 bridgehead atoms. The molecule has 4 aromatic rings. The number of ether oxygens (including phenoxy) is 2. The third kappa shape index (κ3) is 5.25. The van der Waals surface area contributed by atoms with Gasteiger partial charge in [-0.1, -0.05) is 60.7 Å². The molecule has 0 heterocycles. The van der Waals surface area contributed by atoms with Crippen LogP contribution >= 0.6 is 0 Å². The zero-order valence-corrected chi connectivity index (χ0v) is 21.9. The van der Waals surface area contributed by atoms with E-state index >= 15 is 0 Å². The number of carbonyl (C=O) groups is 2. The van der Waals surface area contributed by atoms with E-state index in [9.17, 15) is 36.6 Å². The first-order valence-electron chi connectivity index (χ1n) is 12.6. The SMILES string of the molecule is C[C@@](Cc1ccc(O)cc1)(NC(=O)OCC1c2ccccc2-c2ccccc21)C(=O)Oc1c(F)c(F)c(F)c(F)c1F. The molecule has 2 N–H and O–H groups in total. The molecule has 0 saturated carbocycles. The van der Waals surface area contributed by atoms with Gasteiger partial charge in [0.15, 0.2) is 0 Å². The number of hydrogen-bond donors (Lipinski definition) is 2. The van der Waals surface area contributed by atoms with E-state index in [4.69, 9.17) is 4.74 Å². The van der Waals surface area contributed by atoms with Gasteiger partial charge in [-0.15, -0.1) is 0 Å². The first kappa shape index (κ1) is 28.6. The average Bonchev–Trinajstić information content (AvgIpc) is 3.31. The van der Waals surface area contributed by atoms with Gasteiger partial charge in [0.2, 0.25) is 34.8 Å². The molecule has 5 rings (SSSR count). The summed E-state index contributed by atoms with van der Waals surface area (Å²) < 4.78 is 79.7. The van der Waals surface area contributed by atoms with Crippen molar-refractivity contribution in [2.24, 2.45) is 0 Å². The molecule has 216 valence electrons. The molecule has 0 aromatic heterocycles. The van der Waals surface area contributed by atoms with Crippen molar-refractivity contribution in [1.29, 1.82) is 0 Å². The maximum Gasteiger partial charge on any atom is 0.408 e. The fraction of sp³-hybridized carbons (Fsp3) is 0.161. The summed E-state index contributed by atoms with van der Waals surface area (Å²) in [5.74, 6) is -15.5. The number of phenolic OH excluding ortho intramolecular Hbond substituents is 1. The van der Waals surface area contributed by atoms with E-state index in [2.05, 4.69) is 10.1 Å². The minimum atomic E-state index is -2.42. The molecule has 1 aliphatic carbocycles. The second-order valence-corrected chi connectivity index (χ2v) is 9.91. The number of hydrogen-bond acceptors (Lipinski definition) is 5. The minimum Gasteiger partial charge on any atom is -0.508 e. The van der Waals surface area contributed by atoms with Crippen molar-refractivity contribution in [2.75, 3.05) is 6.61 Å². The molecule has 0 spiro atoms. The van der Waals surface area contributed by atoms with E-state index in [0.29, 0.717) is 5.56 Å². The summed E-state index contributed by atoms with van der Waals surface area (Å²) in [6.07, 6.45) is -1.47. The third-order valence-electron chi connectivity index (χ3n) is 7.03. The lowest BCUT2D eigenvalue weighted by Crippen LogP contribution is -2.56. The summed E-state index contributed by atoms with van der Waals surface area (Å²) in [5.41, 5.74) is 2.02. The minimum absolute atomic E-state index is 0.103. The van der Waals surface area contributed by atoms with E-state index in [1.165, 1.54) is 24.3 Å². The second kappa shape index (κ2) is 11.2. The van der Waals surface area contributed by atoms with Gasteiger partial charge in [-0.05, 0) is 46.9 Å². The Kier molecular flexibility index (Phi) is 7.59. The van der Waals surface area contributed by atoms with Gasteiger partial charge in [0.25, 0.3) is 0 Å². The van der Waals surface area contributed by atoms with Crippen LogP contribution in [0.2, 0.25) is 0 Å².